The highest BCUT2D eigenvalue weighted by Crippen LogP contribution is 2.62. The molecule has 0 saturated carbocycles. The summed E-state index contributed by atoms with van der Waals surface area (Å²) in [5.41, 5.74) is 28.2. The Morgan fingerprint density at radius 1 is 0.274 bits per heavy atom. The van der Waals surface area contributed by atoms with Gasteiger partial charge in [0.15, 0.2) is 0 Å². The Bertz CT molecular complexity index is 3550. The van der Waals surface area contributed by atoms with Crippen molar-refractivity contribution in [1.29, 1.82) is 0 Å². The van der Waals surface area contributed by atoms with E-state index in [4.69, 9.17) is 0 Å². The number of unbranched alkanes of at least 4 members (excludes halogenated alkanes) is 12. The standard InChI is InChI=1S/C83H91N/c1-7-11-15-26-52-81(53-27-16-12-8-2)75-34-24-22-32-69(75)71-50-42-64(58-77(71)81)83(65-43-51-72-70-33-23-25-35-76(70)82(78(72)59-65,54-28-17-13-9-3)55-29-18-14-10-4)79-56-61(6)38-48-73(79)74-49-41-63(57-80(74)83)62-39-46-68(47-40-62)84(66-30-20-19-21-31-66)67-44-36-60(5)37-45-67/h19-25,30-51,56-59H,7-18,26-29,52-55H2,1-6H3. The van der Waals surface area contributed by atoms with Crippen LogP contribution in [0.15, 0.2) is 200 Å². The van der Waals surface area contributed by atoms with Crippen molar-refractivity contribution < 1.29 is 0 Å². The Kier molecular flexibility index (Phi) is 17.1. The van der Waals surface area contributed by atoms with Crippen LogP contribution in [0.5, 0.6) is 0 Å². The molecule has 1 heteroatoms. The van der Waals surface area contributed by atoms with Crippen LogP contribution in [0.1, 0.15) is 212 Å². The highest BCUT2D eigenvalue weighted by Gasteiger charge is 2.51. The number of hydrogen-bond donors (Lipinski definition) is 0. The number of rotatable bonds is 26. The van der Waals surface area contributed by atoms with Crippen molar-refractivity contribution in [1.82, 2.24) is 0 Å². The molecule has 0 saturated heterocycles. The molecule has 0 spiro atoms. The first kappa shape index (κ1) is 57.2. The van der Waals surface area contributed by atoms with Crippen LogP contribution in [0.25, 0.3) is 44.5 Å². The van der Waals surface area contributed by atoms with Crippen molar-refractivity contribution in [2.45, 2.75) is 186 Å². The van der Waals surface area contributed by atoms with Gasteiger partial charge >= 0.3 is 0 Å². The Morgan fingerprint density at radius 3 is 1.13 bits per heavy atom. The predicted octanol–water partition coefficient (Wildman–Crippen LogP) is 24.2. The maximum atomic E-state index is 2.80. The molecule has 3 aliphatic rings. The highest BCUT2D eigenvalue weighted by atomic mass is 15.1. The Labute approximate surface area is 505 Å². The smallest absolute Gasteiger partial charge is 0.0714 e. The number of hydrogen-bond acceptors (Lipinski definition) is 1. The number of nitrogens with zero attached hydrogens (tertiary/aromatic N) is 1. The quantitative estimate of drug-likeness (QED) is 0.0489. The van der Waals surface area contributed by atoms with E-state index in [1.54, 1.807) is 22.3 Å². The highest BCUT2D eigenvalue weighted by molar-refractivity contribution is 5.91. The van der Waals surface area contributed by atoms with Crippen LogP contribution in [-0.2, 0) is 16.2 Å². The second-order valence-corrected chi connectivity index (χ2v) is 25.6. The molecule has 0 aliphatic heterocycles. The summed E-state index contributed by atoms with van der Waals surface area (Å²) in [6, 6.07) is 79.2. The van der Waals surface area contributed by atoms with Crippen LogP contribution >= 0.6 is 0 Å². The molecular formula is C83H91N. The number of anilines is 3. The van der Waals surface area contributed by atoms with Crippen LogP contribution in [0, 0.1) is 13.8 Å². The zero-order valence-electron chi connectivity index (χ0n) is 51.6. The van der Waals surface area contributed by atoms with Gasteiger partial charge in [-0.1, -0.05) is 299 Å². The summed E-state index contributed by atoms with van der Waals surface area (Å²) in [7, 11) is 0. The van der Waals surface area contributed by atoms with Gasteiger partial charge in [-0.2, -0.15) is 0 Å². The van der Waals surface area contributed by atoms with Gasteiger partial charge in [0, 0.05) is 27.9 Å². The van der Waals surface area contributed by atoms with Gasteiger partial charge < -0.3 is 4.90 Å². The van der Waals surface area contributed by atoms with Crippen molar-refractivity contribution in [3.63, 3.8) is 0 Å². The molecule has 0 fully saturated rings. The normalized spacial score (nSPS) is 14.4. The van der Waals surface area contributed by atoms with Crippen molar-refractivity contribution in [2.24, 2.45) is 0 Å². The monoisotopic (exact) mass is 1100 g/mol. The number of aryl methyl sites for hydroxylation is 2. The first-order valence-electron chi connectivity index (χ1n) is 33.1. The van der Waals surface area contributed by atoms with Crippen molar-refractivity contribution in [2.75, 3.05) is 4.90 Å². The average Bonchev–Trinajstić information content (AvgIpc) is 1.73. The van der Waals surface area contributed by atoms with Gasteiger partial charge in [-0.25, -0.2) is 0 Å². The van der Waals surface area contributed by atoms with Gasteiger partial charge in [0.1, 0.15) is 0 Å². The van der Waals surface area contributed by atoms with E-state index in [1.165, 1.54) is 206 Å². The molecule has 84 heavy (non-hydrogen) atoms. The van der Waals surface area contributed by atoms with E-state index in [0.717, 1.165) is 17.1 Å². The third-order valence-corrected chi connectivity index (χ3v) is 20.3. The Morgan fingerprint density at radius 2 is 0.643 bits per heavy atom. The van der Waals surface area contributed by atoms with E-state index < -0.39 is 5.41 Å². The molecule has 9 aromatic carbocycles. The second kappa shape index (κ2) is 25.2. The first-order chi connectivity index (χ1) is 41.3. The summed E-state index contributed by atoms with van der Waals surface area (Å²) in [6.45, 7) is 13.9. The van der Waals surface area contributed by atoms with Crippen LogP contribution in [-0.4, -0.2) is 0 Å². The molecule has 0 amide bonds. The van der Waals surface area contributed by atoms with E-state index >= 15 is 0 Å². The second-order valence-electron chi connectivity index (χ2n) is 25.6. The fourth-order valence-electron chi connectivity index (χ4n) is 16.0. The number of benzene rings is 9. The minimum atomic E-state index is -0.609. The van der Waals surface area contributed by atoms with Crippen molar-refractivity contribution in [3.05, 3.63) is 256 Å². The summed E-state index contributed by atoms with van der Waals surface area (Å²) in [4.78, 5) is 2.38. The first-order valence-corrected chi connectivity index (χ1v) is 33.1. The summed E-state index contributed by atoms with van der Waals surface area (Å²) < 4.78 is 0. The van der Waals surface area contributed by atoms with Gasteiger partial charge in [-0.05, 0) is 171 Å². The molecule has 0 unspecified atom stereocenters. The summed E-state index contributed by atoms with van der Waals surface area (Å²) in [6.07, 6.45) is 25.0. The molecule has 0 atom stereocenters. The van der Waals surface area contributed by atoms with E-state index in [9.17, 15) is 0 Å². The fraction of sp³-hybridized carbons (Fsp3) is 0.349. The molecule has 0 aromatic heterocycles. The predicted molar refractivity (Wildman–Crippen MR) is 361 cm³/mol. The maximum Gasteiger partial charge on any atom is 0.0714 e. The number of fused-ring (bicyclic) bond motifs is 9. The van der Waals surface area contributed by atoms with E-state index in [0.29, 0.717) is 0 Å². The molecule has 0 bridgehead atoms. The Balaban J connectivity index is 1.10. The van der Waals surface area contributed by atoms with E-state index in [-0.39, 0.29) is 10.8 Å². The van der Waals surface area contributed by atoms with Crippen LogP contribution in [0.3, 0.4) is 0 Å². The van der Waals surface area contributed by atoms with E-state index in [2.05, 4.69) is 247 Å². The van der Waals surface area contributed by atoms with Crippen molar-refractivity contribution in [3.8, 4) is 44.5 Å². The molecule has 12 rings (SSSR count). The van der Waals surface area contributed by atoms with Gasteiger partial charge in [0.2, 0.25) is 0 Å². The molecule has 9 aromatic rings. The van der Waals surface area contributed by atoms with E-state index in [1.807, 2.05) is 0 Å². The lowest BCUT2D eigenvalue weighted by atomic mass is 9.63. The minimum Gasteiger partial charge on any atom is -0.311 e. The minimum absolute atomic E-state index is 0.0526. The molecule has 3 aliphatic carbocycles. The lowest BCUT2D eigenvalue weighted by Gasteiger charge is -2.38. The Hall–Kier alpha value is -7.22. The molecule has 0 radical (unpaired) electrons. The largest absolute Gasteiger partial charge is 0.311 e. The van der Waals surface area contributed by atoms with Crippen LogP contribution in [0.2, 0.25) is 0 Å². The summed E-state index contributed by atoms with van der Waals surface area (Å²) in [5.74, 6) is 0. The van der Waals surface area contributed by atoms with Crippen molar-refractivity contribution >= 4 is 17.1 Å². The maximum absolute atomic E-state index is 2.80. The number of para-hydroxylation sites is 1. The lowest BCUT2D eigenvalue weighted by molar-refractivity contribution is 0.400. The molecular weight excluding hydrogens is 1010 g/mol. The molecule has 428 valence electrons. The van der Waals surface area contributed by atoms with Gasteiger partial charge in [0.25, 0.3) is 0 Å². The topological polar surface area (TPSA) is 3.24 Å². The molecule has 0 heterocycles. The molecule has 1 nitrogen and oxygen atoms in total. The zero-order valence-corrected chi connectivity index (χ0v) is 51.6. The molecule has 0 N–H and O–H groups in total. The van der Waals surface area contributed by atoms with Gasteiger partial charge in [-0.3, -0.25) is 0 Å². The van der Waals surface area contributed by atoms with Gasteiger partial charge in [0.05, 0.1) is 5.41 Å². The fourth-order valence-corrected chi connectivity index (χ4v) is 16.0. The van der Waals surface area contributed by atoms with Gasteiger partial charge in [-0.15, -0.1) is 0 Å². The summed E-state index contributed by atoms with van der Waals surface area (Å²) in [5, 5.41) is 0. The third kappa shape index (κ3) is 10.3. The lowest BCUT2D eigenvalue weighted by Crippen LogP contribution is -2.32. The zero-order chi connectivity index (χ0) is 57.7. The van der Waals surface area contributed by atoms with Crippen LogP contribution < -0.4 is 4.90 Å². The average molecular weight is 1100 g/mol. The van der Waals surface area contributed by atoms with Crippen LogP contribution in [0.4, 0.5) is 17.1 Å². The SMILES string of the molecule is CCCCCCC1(CCCCCC)c2ccccc2-c2ccc(C3(c4ccc5c(c4)C(CCCCCC)(CCCCCC)c4ccccc4-5)c4cc(C)ccc4-c4ccc(-c5ccc(N(c6ccccc6)c6ccc(C)cc6)cc5)cc43)cc21. The third-order valence-electron chi connectivity index (χ3n) is 20.3. The summed E-state index contributed by atoms with van der Waals surface area (Å²) >= 11 is 0.